The molecule has 0 spiro atoms. The third-order valence-corrected chi connectivity index (χ3v) is 6.79. The molecule has 2 fully saturated rings. The van der Waals surface area contributed by atoms with E-state index in [1.165, 1.54) is 38.5 Å². The van der Waals surface area contributed by atoms with E-state index in [9.17, 15) is 5.11 Å². The van der Waals surface area contributed by atoms with Crippen LogP contribution >= 0.6 is 0 Å². The van der Waals surface area contributed by atoms with Crippen molar-refractivity contribution in [2.24, 2.45) is 0 Å². The molecule has 8 nitrogen and oxygen atoms in total. The lowest BCUT2D eigenvalue weighted by Crippen LogP contribution is -2.29. The summed E-state index contributed by atoms with van der Waals surface area (Å²) >= 11 is 0. The summed E-state index contributed by atoms with van der Waals surface area (Å²) in [4.78, 5) is 18.4. The first-order valence-electron chi connectivity index (χ1n) is 12.9. The van der Waals surface area contributed by atoms with E-state index in [0.29, 0.717) is 12.0 Å². The third kappa shape index (κ3) is 7.00. The third-order valence-electron chi connectivity index (χ3n) is 6.79. The Morgan fingerprint density at radius 1 is 0.909 bits per heavy atom. The zero-order chi connectivity index (χ0) is 22.9. The molecule has 0 radical (unpaired) electrons. The molecule has 2 aromatic rings. The van der Waals surface area contributed by atoms with Gasteiger partial charge >= 0.3 is 0 Å². The van der Waals surface area contributed by atoms with Crippen LogP contribution in [0.5, 0.6) is 0 Å². The van der Waals surface area contributed by atoms with Crippen LogP contribution in [0.25, 0.3) is 11.3 Å². The summed E-state index contributed by atoms with van der Waals surface area (Å²) in [5, 5.41) is 20.5. The molecule has 33 heavy (non-hydrogen) atoms. The average Bonchev–Trinajstić information content (AvgIpc) is 3.10. The van der Waals surface area contributed by atoms with Gasteiger partial charge in [-0.05, 0) is 44.9 Å². The van der Waals surface area contributed by atoms with Gasteiger partial charge in [-0.3, -0.25) is 0 Å². The van der Waals surface area contributed by atoms with Crippen LogP contribution in [-0.2, 0) is 0 Å². The smallest absolute Gasteiger partial charge is 0.224 e. The maximum absolute atomic E-state index is 9.89. The van der Waals surface area contributed by atoms with Crippen molar-refractivity contribution in [3.05, 3.63) is 18.6 Å². The number of nitrogens with one attached hydrogen (secondary N) is 3. The highest BCUT2D eigenvalue weighted by Gasteiger charge is 2.22. The molecule has 0 aliphatic heterocycles. The Balaban J connectivity index is 1.54. The van der Waals surface area contributed by atoms with Gasteiger partial charge in [0.25, 0.3) is 0 Å². The van der Waals surface area contributed by atoms with Crippen molar-refractivity contribution in [2.45, 2.75) is 102 Å². The van der Waals surface area contributed by atoms with E-state index in [1.54, 1.807) is 6.33 Å². The molecular weight excluding hydrogens is 414 g/mol. The van der Waals surface area contributed by atoms with E-state index in [4.69, 9.17) is 4.98 Å². The molecule has 4 rings (SSSR count). The molecule has 2 aliphatic carbocycles. The second-order valence-electron chi connectivity index (χ2n) is 9.51. The average molecular weight is 454 g/mol. The van der Waals surface area contributed by atoms with Gasteiger partial charge < -0.3 is 21.1 Å². The number of nitrogens with zero attached hydrogens (tertiary/aromatic N) is 4. The Kier molecular flexibility index (Phi) is 8.69. The lowest BCUT2D eigenvalue weighted by Gasteiger charge is -2.27. The van der Waals surface area contributed by atoms with Crippen LogP contribution in [0.3, 0.4) is 0 Å². The number of aliphatic hydroxyl groups excluding tert-OH is 1. The SMILES string of the molecule is CCCCNc1ncc(-c2cc(NC3CCCCCC3)ncn2)c(N[C@H]2CC[C@H](O)CC2)n1. The van der Waals surface area contributed by atoms with Crippen LogP contribution in [0.15, 0.2) is 18.6 Å². The minimum atomic E-state index is -0.182. The molecule has 8 heteroatoms. The molecule has 2 aromatic heterocycles. The van der Waals surface area contributed by atoms with Crippen molar-refractivity contribution in [3.8, 4) is 11.3 Å². The van der Waals surface area contributed by atoms with Crippen molar-refractivity contribution in [1.82, 2.24) is 19.9 Å². The lowest BCUT2D eigenvalue weighted by atomic mass is 9.93. The molecular formula is C25H39N7O. The van der Waals surface area contributed by atoms with E-state index < -0.39 is 0 Å². The van der Waals surface area contributed by atoms with Crippen LogP contribution in [0.2, 0.25) is 0 Å². The number of aromatic nitrogens is 4. The highest BCUT2D eigenvalue weighted by Crippen LogP contribution is 2.30. The molecule has 180 valence electrons. The predicted molar refractivity (Wildman–Crippen MR) is 133 cm³/mol. The molecule has 0 saturated heterocycles. The highest BCUT2D eigenvalue weighted by atomic mass is 16.3. The van der Waals surface area contributed by atoms with Crippen molar-refractivity contribution < 1.29 is 5.11 Å². The van der Waals surface area contributed by atoms with Gasteiger partial charge in [0.1, 0.15) is 18.0 Å². The Morgan fingerprint density at radius 3 is 2.42 bits per heavy atom. The zero-order valence-corrected chi connectivity index (χ0v) is 19.9. The maximum atomic E-state index is 9.89. The van der Waals surface area contributed by atoms with Gasteiger partial charge in [0.15, 0.2) is 0 Å². The van der Waals surface area contributed by atoms with Crippen molar-refractivity contribution in [1.29, 1.82) is 0 Å². The summed E-state index contributed by atoms with van der Waals surface area (Å²) in [6.45, 7) is 3.03. The summed E-state index contributed by atoms with van der Waals surface area (Å²) in [7, 11) is 0. The van der Waals surface area contributed by atoms with Crippen LogP contribution in [0.1, 0.15) is 84.0 Å². The van der Waals surface area contributed by atoms with Gasteiger partial charge in [-0.25, -0.2) is 15.0 Å². The maximum Gasteiger partial charge on any atom is 0.224 e. The molecule has 0 atom stereocenters. The number of unbranched alkanes of at least 4 members (excludes halogenated alkanes) is 1. The summed E-state index contributed by atoms with van der Waals surface area (Å²) in [5.41, 5.74) is 1.70. The number of rotatable bonds is 9. The Hall–Kier alpha value is -2.48. The molecule has 0 bridgehead atoms. The van der Waals surface area contributed by atoms with Crippen LogP contribution in [0.4, 0.5) is 17.6 Å². The van der Waals surface area contributed by atoms with Crippen LogP contribution in [-0.4, -0.2) is 49.8 Å². The molecule has 0 amide bonds. The number of hydrogen-bond donors (Lipinski definition) is 4. The summed E-state index contributed by atoms with van der Waals surface area (Å²) in [6.07, 6.45) is 16.6. The molecule has 2 saturated carbocycles. The predicted octanol–water partition coefficient (Wildman–Crippen LogP) is 5.00. The largest absolute Gasteiger partial charge is 0.393 e. The first-order chi connectivity index (χ1) is 16.2. The molecule has 0 aromatic carbocycles. The summed E-state index contributed by atoms with van der Waals surface area (Å²) < 4.78 is 0. The Morgan fingerprint density at radius 2 is 1.67 bits per heavy atom. The molecule has 2 heterocycles. The van der Waals surface area contributed by atoms with E-state index in [1.807, 2.05) is 12.3 Å². The highest BCUT2D eigenvalue weighted by molar-refractivity contribution is 5.74. The van der Waals surface area contributed by atoms with Crippen molar-refractivity contribution in [2.75, 3.05) is 22.5 Å². The first-order valence-corrected chi connectivity index (χ1v) is 12.9. The second kappa shape index (κ2) is 12.1. The molecule has 4 N–H and O–H groups in total. The fourth-order valence-corrected chi connectivity index (χ4v) is 4.77. The van der Waals surface area contributed by atoms with Crippen LogP contribution < -0.4 is 16.0 Å². The van der Waals surface area contributed by atoms with Gasteiger partial charge in [-0.15, -0.1) is 0 Å². The minimum absolute atomic E-state index is 0.182. The van der Waals surface area contributed by atoms with E-state index in [0.717, 1.165) is 68.0 Å². The number of hydrogen-bond acceptors (Lipinski definition) is 8. The fourth-order valence-electron chi connectivity index (χ4n) is 4.77. The molecule has 0 unspecified atom stereocenters. The van der Waals surface area contributed by atoms with Crippen molar-refractivity contribution >= 4 is 17.6 Å². The van der Waals surface area contributed by atoms with Crippen LogP contribution in [0, 0.1) is 0 Å². The molecule has 2 aliphatic rings. The number of aliphatic hydroxyl groups is 1. The fraction of sp³-hybridized carbons (Fsp3) is 0.680. The second-order valence-corrected chi connectivity index (χ2v) is 9.51. The van der Waals surface area contributed by atoms with Gasteiger partial charge in [-0.2, -0.15) is 4.98 Å². The monoisotopic (exact) mass is 453 g/mol. The van der Waals surface area contributed by atoms with Gasteiger partial charge in [0.2, 0.25) is 5.95 Å². The minimum Gasteiger partial charge on any atom is -0.393 e. The summed E-state index contributed by atoms with van der Waals surface area (Å²) in [5.74, 6) is 2.30. The quantitative estimate of drug-likeness (QED) is 0.310. The van der Waals surface area contributed by atoms with E-state index in [-0.39, 0.29) is 12.1 Å². The zero-order valence-electron chi connectivity index (χ0n) is 19.9. The first kappa shape index (κ1) is 23.7. The van der Waals surface area contributed by atoms with Crippen molar-refractivity contribution in [3.63, 3.8) is 0 Å². The lowest BCUT2D eigenvalue weighted by molar-refractivity contribution is 0.126. The Labute approximate surface area is 197 Å². The summed E-state index contributed by atoms with van der Waals surface area (Å²) in [6, 6.07) is 2.78. The topological polar surface area (TPSA) is 108 Å². The van der Waals surface area contributed by atoms with E-state index in [2.05, 4.69) is 37.8 Å². The normalized spacial score (nSPS) is 21.9. The Bertz CT molecular complexity index is 862. The van der Waals surface area contributed by atoms with Gasteiger partial charge in [0, 0.05) is 30.9 Å². The van der Waals surface area contributed by atoms with Gasteiger partial charge in [-0.1, -0.05) is 39.0 Å². The van der Waals surface area contributed by atoms with E-state index >= 15 is 0 Å². The number of anilines is 3. The standard InChI is InChI=1S/C25H39N7O/c1-2-3-14-26-25-27-16-21(24(32-25)31-19-10-12-20(33)13-11-19)22-15-23(29-17-28-22)30-18-8-6-4-5-7-9-18/h15-20,33H,2-14H2,1H3,(H,28,29,30)(H2,26,27,31,32)/t19-,20-. The van der Waals surface area contributed by atoms with Gasteiger partial charge in [0.05, 0.1) is 17.4 Å².